The van der Waals surface area contributed by atoms with Gasteiger partial charge >= 0.3 is 12.1 Å². The molecule has 1 N–H and O–H groups in total. The van der Waals surface area contributed by atoms with E-state index in [0.717, 1.165) is 38.7 Å². The molecular weight excluding hydrogens is 370 g/mol. The Morgan fingerprint density at radius 1 is 1.14 bits per heavy atom. The highest BCUT2D eigenvalue weighted by Crippen LogP contribution is 2.62. The number of amides is 1. The van der Waals surface area contributed by atoms with E-state index < -0.39 is 23.7 Å². The second-order valence-electron chi connectivity index (χ2n) is 9.38. The van der Waals surface area contributed by atoms with Gasteiger partial charge in [-0.05, 0) is 57.4 Å². The maximum Gasteiger partial charge on any atom is 0.411 e. The van der Waals surface area contributed by atoms with Gasteiger partial charge in [0, 0.05) is 12.6 Å². The summed E-state index contributed by atoms with van der Waals surface area (Å²) in [7, 11) is 0. The van der Waals surface area contributed by atoms with Crippen LogP contribution in [0.3, 0.4) is 0 Å². The number of hydrogen-bond acceptors (Lipinski definition) is 4. The molecule has 3 atom stereocenters. The van der Waals surface area contributed by atoms with Gasteiger partial charge < -0.3 is 14.6 Å². The highest BCUT2D eigenvalue weighted by molar-refractivity contribution is 5.82. The van der Waals surface area contributed by atoms with Crippen molar-refractivity contribution in [2.75, 3.05) is 6.61 Å². The van der Waals surface area contributed by atoms with Gasteiger partial charge in [0.05, 0.1) is 6.61 Å². The Morgan fingerprint density at radius 2 is 1.86 bits per heavy atom. The minimum atomic E-state index is -0.934. The van der Waals surface area contributed by atoms with Crippen LogP contribution < -0.4 is 0 Å². The molecule has 1 aliphatic carbocycles. The number of carboxylic acid groups (broad SMARTS) is 1. The number of rotatable bonds is 9. The van der Waals surface area contributed by atoms with Crippen LogP contribution >= 0.6 is 0 Å². The van der Waals surface area contributed by atoms with E-state index in [4.69, 9.17) is 9.47 Å². The SMILES string of the molecule is CC(C)(C)OC(=O)N1C(C(=O)O)CC2(CCCCCOCc3ccccc3)CC12. The maximum absolute atomic E-state index is 12.5. The van der Waals surface area contributed by atoms with Gasteiger partial charge in [-0.25, -0.2) is 9.59 Å². The molecule has 1 amide bonds. The summed E-state index contributed by atoms with van der Waals surface area (Å²) in [6.45, 7) is 6.77. The van der Waals surface area contributed by atoms with Crippen molar-refractivity contribution < 1.29 is 24.2 Å². The van der Waals surface area contributed by atoms with E-state index in [9.17, 15) is 14.7 Å². The lowest BCUT2D eigenvalue weighted by atomic mass is 9.93. The smallest absolute Gasteiger partial charge is 0.411 e. The molecule has 160 valence electrons. The molecule has 29 heavy (non-hydrogen) atoms. The lowest BCUT2D eigenvalue weighted by Gasteiger charge is -2.28. The molecule has 0 bridgehead atoms. The van der Waals surface area contributed by atoms with Crippen LogP contribution in [0.25, 0.3) is 0 Å². The Balaban J connectivity index is 1.40. The van der Waals surface area contributed by atoms with Gasteiger partial charge in [0.15, 0.2) is 0 Å². The minimum Gasteiger partial charge on any atom is -0.480 e. The Morgan fingerprint density at radius 3 is 2.52 bits per heavy atom. The van der Waals surface area contributed by atoms with E-state index in [-0.39, 0.29) is 11.5 Å². The van der Waals surface area contributed by atoms with Gasteiger partial charge in [-0.15, -0.1) is 0 Å². The third kappa shape index (κ3) is 5.50. The zero-order valence-corrected chi connectivity index (χ0v) is 17.7. The lowest BCUT2D eigenvalue weighted by Crippen LogP contribution is -2.45. The fourth-order valence-electron chi connectivity index (χ4n) is 4.41. The number of carbonyl (C=O) groups is 2. The standard InChI is InChI=1S/C23H33NO5/c1-22(2,3)29-21(27)24-18(20(25)26)14-23(15-19(23)24)12-8-5-9-13-28-16-17-10-6-4-7-11-17/h4,6-7,10-11,18-19H,5,8-9,12-16H2,1-3H3,(H,25,26). The number of fused-ring (bicyclic) bond motifs is 1. The van der Waals surface area contributed by atoms with Gasteiger partial charge in [-0.1, -0.05) is 43.2 Å². The molecule has 1 saturated heterocycles. The quantitative estimate of drug-likeness (QED) is 0.609. The largest absolute Gasteiger partial charge is 0.480 e. The topological polar surface area (TPSA) is 76.1 Å². The predicted octanol–water partition coefficient (Wildman–Crippen LogP) is 4.62. The van der Waals surface area contributed by atoms with Gasteiger partial charge in [0.1, 0.15) is 11.6 Å². The van der Waals surface area contributed by atoms with E-state index >= 15 is 0 Å². The number of piperidine rings is 1. The summed E-state index contributed by atoms with van der Waals surface area (Å²) in [6.07, 6.45) is 4.96. The minimum absolute atomic E-state index is 0.00720. The average Bonchev–Trinajstić information content (AvgIpc) is 3.24. The molecule has 6 nitrogen and oxygen atoms in total. The van der Waals surface area contributed by atoms with Gasteiger partial charge in [0.25, 0.3) is 0 Å². The second kappa shape index (κ2) is 8.74. The third-order valence-corrected chi connectivity index (χ3v) is 5.88. The number of carbonyl (C=O) groups excluding carboxylic acids is 1. The number of ether oxygens (including phenoxy) is 2. The van der Waals surface area contributed by atoms with Crippen LogP contribution in [-0.4, -0.2) is 46.4 Å². The molecule has 0 spiro atoms. The molecule has 2 aliphatic rings. The first-order valence-corrected chi connectivity index (χ1v) is 10.6. The van der Waals surface area contributed by atoms with Crippen LogP contribution in [0.15, 0.2) is 30.3 Å². The average molecular weight is 404 g/mol. The van der Waals surface area contributed by atoms with Crippen LogP contribution in [0.1, 0.15) is 64.9 Å². The van der Waals surface area contributed by atoms with Crippen molar-refractivity contribution in [2.45, 2.75) is 83.6 Å². The molecule has 1 aliphatic heterocycles. The molecule has 3 unspecified atom stereocenters. The maximum atomic E-state index is 12.5. The Labute approximate surface area is 173 Å². The van der Waals surface area contributed by atoms with Gasteiger partial charge in [0.2, 0.25) is 0 Å². The summed E-state index contributed by atoms with van der Waals surface area (Å²) in [5.74, 6) is -0.934. The van der Waals surface area contributed by atoms with Crippen molar-refractivity contribution in [2.24, 2.45) is 5.41 Å². The van der Waals surface area contributed by atoms with Crippen molar-refractivity contribution in [3.63, 3.8) is 0 Å². The van der Waals surface area contributed by atoms with Gasteiger partial charge in [-0.2, -0.15) is 0 Å². The number of nitrogens with zero attached hydrogens (tertiary/aromatic N) is 1. The zero-order chi connectivity index (χ0) is 21.1. The normalized spacial score (nSPS) is 25.6. The van der Waals surface area contributed by atoms with Crippen molar-refractivity contribution >= 4 is 12.1 Å². The summed E-state index contributed by atoms with van der Waals surface area (Å²) in [6, 6.07) is 9.37. The summed E-state index contributed by atoms with van der Waals surface area (Å²) < 4.78 is 11.2. The monoisotopic (exact) mass is 403 g/mol. The van der Waals surface area contributed by atoms with Crippen LogP contribution in [0, 0.1) is 5.41 Å². The highest BCUT2D eigenvalue weighted by Gasteiger charge is 2.67. The summed E-state index contributed by atoms with van der Waals surface area (Å²) in [5.41, 5.74) is 0.519. The van der Waals surface area contributed by atoms with E-state index in [1.807, 2.05) is 18.2 Å². The van der Waals surface area contributed by atoms with E-state index in [1.165, 1.54) is 10.5 Å². The third-order valence-electron chi connectivity index (χ3n) is 5.88. The number of aliphatic carboxylic acids is 1. The molecule has 1 heterocycles. The zero-order valence-electron chi connectivity index (χ0n) is 17.7. The second-order valence-corrected chi connectivity index (χ2v) is 9.38. The predicted molar refractivity (Wildman–Crippen MR) is 110 cm³/mol. The first-order chi connectivity index (χ1) is 13.7. The van der Waals surface area contributed by atoms with Crippen LogP contribution in [0.4, 0.5) is 4.79 Å². The summed E-state index contributed by atoms with van der Waals surface area (Å²) >= 11 is 0. The molecule has 1 aromatic carbocycles. The number of benzene rings is 1. The Kier molecular flexibility index (Phi) is 6.52. The van der Waals surface area contributed by atoms with Gasteiger partial charge in [-0.3, -0.25) is 4.90 Å². The lowest BCUT2D eigenvalue weighted by molar-refractivity contribution is -0.142. The number of carboxylic acids is 1. The number of likely N-dealkylation sites (tertiary alicyclic amines) is 1. The molecule has 1 saturated carbocycles. The van der Waals surface area contributed by atoms with Crippen molar-refractivity contribution in [1.29, 1.82) is 0 Å². The van der Waals surface area contributed by atoms with Crippen LogP contribution in [-0.2, 0) is 20.9 Å². The summed E-state index contributed by atoms with van der Waals surface area (Å²) in [5, 5.41) is 9.58. The first-order valence-electron chi connectivity index (χ1n) is 10.6. The Bertz CT molecular complexity index is 714. The fraction of sp³-hybridized carbons (Fsp3) is 0.652. The number of hydrogen-bond donors (Lipinski definition) is 1. The van der Waals surface area contributed by atoms with Crippen molar-refractivity contribution in [3.05, 3.63) is 35.9 Å². The molecule has 2 fully saturated rings. The van der Waals surface area contributed by atoms with E-state index in [1.54, 1.807) is 20.8 Å². The van der Waals surface area contributed by atoms with E-state index in [0.29, 0.717) is 13.0 Å². The molecule has 0 radical (unpaired) electrons. The van der Waals surface area contributed by atoms with Crippen LogP contribution in [0.5, 0.6) is 0 Å². The fourth-order valence-corrected chi connectivity index (χ4v) is 4.41. The number of unbranched alkanes of at least 4 members (excludes halogenated alkanes) is 2. The molecule has 0 aromatic heterocycles. The van der Waals surface area contributed by atoms with E-state index in [2.05, 4.69) is 12.1 Å². The first kappa shape index (κ1) is 21.6. The Hall–Kier alpha value is -2.08. The molecule has 1 aromatic rings. The van der Waals surface area contributed by atoms with Crippen molar-refractivity contribution in [3.8, 4) is 0 Å². The molecule has 3 rings (SSSR count). The molecule has 6 heteroatoms. The van der Waals surface area contributed by atoms with Crippen molar-refractivity contribution in [1.82, 2.24) is 4.90 Å². The summed E-state index contributed by atoms with van der Waals surface area (Å²) in [4.78, 5) is 25.7. The molecular formula is C23H33NO5. The highest BCUT2D eigenvalue weighted by atomic mass is 16.6. The van der Waals surface area contributed by atoms with Crippen LogP contribution in [0.2, 0.25) is 0 Å².